The minimum absolute atomic E-state index is 0.0813. The van der Waals surface area contributed by atoms with E-state index in [4.69, 9.17) is 9.47 Å². The molecule has 2 atom stereocenters. The van der Waals surface area contributed by atoms with Gasteiger partial charge in [0, 0.05) is 13.0 Å². The molecule has 2 aromatic rings. The van der Waals surface area contributed by atoms with Gasteiger partial charge in [-0.05, 0) is 36.2 Å². The zero-order valence-electron chi connectivity index (χ0n) is 15.8. The Balaban J connectivity index is 1.53. The van der Waals surface area contributed by atoms with E-state index in [2.05, 4.69) is 21.7 Å². The van der Waals surface area contributed by atoms with Crippen molar-refractivity contribution in [1.29, 1.82) is 0 Å². The maximum atomic E-state index is 10.4. The van der Waals surface area contributed by atoms with Gasteiger partial charge in [-0.25, -0.2) is 0 Å². The number of fused-ring (bicyclic) bond motifs is 1. The highest BCUT2D eigenvalue weighted by molar-refractivity contribution is 5.79. The van der Waals surface area contributed by atoms with Crippen molar-refractivity contribution >= 4 is 5.96 Å². The van der Waals surface area contributed by atoms with E-state index >= 15 is 0 Å². The maximum absolute atomic E-state index is 10.4. The maximum Gasteiger partial charge on any atom is 0.191 e. The number of ether oxygens (including phenoxy) is 2. The highest BCUT2D eigenvalue weighted by atomic mass is 16.5. The summed E-state index contributed by atoms with van der Waals surface area (Å²) in [5.74, 6) is 2.40. The first-order valence-corrected chi connectivity index (χ1v) is 9.28. The fourth-order valence-corrected chi connectivity index (χ4v) is 3.03. The monoisotopic (exact) mass is 369 g/mol. The lowest BCUT2D eigenvalue weighted by molar-refractivity contribution is 0.187. The molecule has 0 spiro atoms. The van der Waals surface area contributed by atoms with Crippen LogP contribution in [0.1, 0.15) is 24.2 Å². The third kappa shape index (κ3) is 5.14. The van der Waals surface area contributed by atoms with Gasteiger partial charge >= 0.3 is 0 Å². The number of aliphatic hydroxyl groups is 1. The summed E-state index contributed by atoms with van der Waals surface area (Å²) in [4.78, 5) is 4.50. The summed E-state index contributed by atoms with van der Waals surface area (Å²) in [5, 5.41) is 16.9. The summed E-state index contributed by atoms with van der Waals surface area (Å²) >= 11 is 0. The second-order valence-corrected chi connectivity index (χ2v) is 6.44. The van der Waals surface area contributed by atoms with Crippen LogP contribution in [0.5, 0.6) is 11.5 Å². The van der Waals surface area contributed by atoms with Crippen molar-refractivity contribution in [3.05, 3.63) is 59.7 Å². The number of aliphatic imine (C=N–C) groups is 1. The summed E-state index contributed by atoms with van der Waals surface area (Å²) in [6.45, 7) is 3.68. The Hall–Kier alpha value is -2.73. The Bertz CT molecular complexity index is 737. The summed E-state index contributed by atoms with van der Waals surface area (Å²) in [5.41, 5.74) is 2.05. The Kier molecular flexibility index (Phi) is 6.54. The first-order chi connectivity index (χ1) is 13.2. The summed E-state index contributed by atoms with van der Waals surface area (Å²) < 4.78 is 11.1. The summed E-state index contributed by atoms with van der Waals surface area (Å²) in [7, 11) is 1.62. The van der Waals surface area contributed by atoms with Gasteiger partial charge < -0.3 is 25.2 Å². The van der Waals surface area contributed by atoms with Crippen molar-refractivity contribution in [2.45, 2.75) is 25.6 Å². The number of aliphatic hydroxyl groups excluding tert-OH is 1. The molecule has 0 saturated heterocycles. The number of nitrogens with one attached hydrogen (secondary N) is 2. The van der Waals surface area contributed by atoms with E-state index in [1.165, 1.54) is 5.56 Å². The molecule has 6 heteroatoms. The molecule has 2 unspecified atom stereocenters. The predicted octanol–water partition coefficient (Wildman–Crippen LogP) is 2.29. The van der Waals surface area contributed by atoms with Crippen LogP contribution in [-0.2, 0) is 6.42 Å². The molecule has 0 aromatic heterocycles. The number of rotatable bonds is 7. The molecule has 144 valence electrons. The molecule has 0 bridgehead atoms. The van der Waals surface area contributed by atoms with E-state index in [9.17, 15) is 5.11 Å². The van der Waals surface area contributed by atoms with Gasteiger partial charge in [0.25, 0.3) is 0 Å². The van der Waals surface area contributed by atoms with E-state index in [1.54, 1.807) is 7.11 Å². The molecule has 0 saturated carbocycles. The van der Waals surface area contributed by atoms with Crippen molar-refractivity contribution in [2.24, 2.45) is 4.99 Å². The largest absolute Gasteiger partial charge is 0.497 e. The average Bonchev–Trinajstić information content (AvgIpc) is 3.13. The quantitative estimate of drug-likeness (QED) is 0.516. The normalized spacial score (nSPS) is 17.0. The van der Waals surface area contributed by atoms with E-state index in [-0.39, 0.29) is 12.6 Å². The Morgan fingerprint density at radius 3 is 2.70 bits per heavy atom. The van der Waals surface area contributed by atoms with E-state index in [1.807, 2.05) is 49.4 Å². The molecule has 1 aliphatic heterocycles. The molecule has 27 heavy (non-hydrogen) atoms. The first kappa shape index (κ1) is 19.0. The van der Waals surface area contributed by atoms with Gasteiger partial charge in [-0.3, -0.25) is 4.99 Å². The van der Waals surface area contributed by atoms with Gasteiger partial charge in [-0.2, -0.15) is 0 Å². The second-order valence-electron chi connectivity index (χ2n) is 6.44. The van der Waals surface area contributed by atoms with E-state index < -0.39 is 6.10 Å². The van der Waals surface area contributed by atoms with Crippen LogP contribution in [0.15, 0.2) is 53.5 Å². The number of hydrogen-bond donors (Lipinski definition) is 3. The number of para-hydroxylation sites is 1. The third-order valence-corrected chi connectivity index (χ3v) is 4.48. The smallest absolute Gasteiger partial charge is 0.191 e. The van der Waals surface area contributed by atoms with Crippen LogP contribution in [-0.4, -0.2) is 43.9 Å². The molecule has 1 aliphatic rings. The van der Waals surface area contributed by atoms with E-state index in [0.717, 1.165) is 30.0 Å². The highest BCUT2D eigenvalue weighted by Gasteiger charge is 2.22. The van der Waals surface area contributed by atoms with Crippen LogP contribution in [0, 0.1) is 0 Å². The Morgan fingerprint density at radius 1 is 1.22 bits per heavy atom. The van der Waals surface area contributed by atoms with Crippen LogP contribution < -0.4 is 20.1 Å². The van der Waals surface area contributed by atoms with Crippen molar-refractivity contribution in [3.63, 3.8) is 0 Å². The van der Waals surface area contributed by atoms with E-state index in [0.29, 0.717) is 12.5 Å². The predicted molar refractivity (Wildman–Crippen MR) is 106 cm³/mol. The Morgan fingerprint density at radius 2 is 2.00 bits per heavy atom. The molecule has 2 aromatic carbocycles. The molecule has 1 heterocycles. The van der Waals surface area contributed by atoms with Gasteiger partial charge in [0.2, 0.25) is 0 Å². The van der Waals surface area contributed by atoms with Crippen molar-refractivity contribution in [1.82, 2.24) is 10.6 Å². The van der Waals surface area contributed by atoms with Crippen molar-refractivity contribution in [2.75, 3.05) is 26.7 Å². The molecule has 6 nitrogen and oxygen atoms in total. The molecule has 3 N–H and O–H groups in total. The molecule has 0 amide bonds. The number of hydrogen-bond acceptors (Lipinski definition) is 4. The van der Waals surface area contributed by atoms with Crippen LogP contribution in [0.4, 0.5) is 0 Å². The van der Waals surface area contributed by atoms with Gasteiger partial charge in [0.15, 0.2) is 5.96 Å². The first-order valence-electron chi connectivity index (χ1n) is 9.28. The molecular weight excluding hydrogens is 342 g/mol. The van der Waals surface area contributed by atoms with Gasteiger partial charge in [0.05, 0.1) is 26.3 Å². The minimum atomic E-state index is -0.668. The highest BCUT2D eigenvalue weighted by Crippen LogP contribution is 2.27. The number of benzene rings is 2. The van der Waals surface area contributed by atoms with Gasteiger partial charge in [-0.15, -0.1) is 0 Å². The standard InChI is InChI=1S/C21H27N3O3/c1-3-22-21(23-13-18-12-16-6-4-5-7-20(16)27-18)24-14-19(25)15-8-10-17(26-2)11-9-15/h4-11,18-19,25H,3,12-14H2,1-2H3,(H2,22,23,24). The summed E-state index contributed by atoms with van der Waals surface area (Å²) in [6.07, 6.45) is 0.299. The van der Waals surface area contributed by atoms with Crippen LogP contribution in [0.3, 0.4) is 0 Å². The number of methoxy groups -OCH3 is 1. The van der Waals surface area contributed by atoms with Gasteiger partial charge in [0.1, 0.15) is 17.6 Å². The second kappa shape index (κ2) is 9.28. The van der Waals surface area contributed by atoms with Crippen LogP contribution in [0.2, 0.25) is 0 Å². The zero-order chi connectivity index (χ0) is 19.1. The zero-order valence-corrected chi connectivity index (χ0v) is 15.8. The molecule has 3 rings (SSSR count). The molecular formula is C21H27N3O3. The third-order valence-electron chi connectivity index (χ3n) is 4.48. The lowest BCUT2D eigenvalue weighted by Crippen LogP contribution is -2.42. The van der Waals surface area contributed by atoms with Crippen molar-refractivity contribution < 1.29 is 14.6 Å². The lowest BCUT2D eigenvalue weighted by atomic mass is 10.1. The fraction of sp³-hybridized carbons (Fsp3) is 0.381. The average molecular weight is 369 g/mol. The number of guanidine groups is 1. The number of nitrogens with zero attached hydrogens (tertiary/aromatic N) is 1. The van der Waals surface area contributed by atoms with Gasteiger partial charge in [-0.1, -0.05) is 30.3 Å². The van der Waals surface area contributed by atoms with Crippen LogP contribution >= 0.6 is 0 Å². The van der Waals surface area contributed by atoms with Crippen molar-refractivity contribution in [3.8, 4) is 11.5 Å². The van der Waals surface area contributed by atoms with Crippen LogP contribution in [0.25, 0.3) is 0 Å². The SMILES string of the molecule is CCNC(=NCC(O)c1ccc(OC)cc1)NCC1Cc2ccccc2O1. The molecule has 0 fully saturated rings. The Labute approximate surface area is 160 Å². The summed E-state index contributed by atoms with van der Waals surface area (Å²) in [6, 6.07) is 15.5. The topological polar surface area (TPSA) is 75.1 Å². The fourth-order valence-electron chi connectivity index (χ4n) is 3.03. The molecule has 0 aliphatic carbocycles. The molecule has 0 radical (unpaired) electrons. The lowest BCUT2D eigenvalue weighted by Gasteiger charge is -2.16. The minimum Gasteiger partial charge on any atom is -0.497 e.